The van der Waals surface area contributed by atoms with Gasteiger partial charge in [-0.25, -0.2) is 4.68 Å². The van der Waals surface area contributed by atoms with Gasteiger partial charge in [-0.05, 0) is 36.6 Å². The first-order valence-electron chi connectivity index (χ1n) is 8.74. The highest BCUT2D eigenvalue weighted by atomic mass is 15.4. The highest BCUT2D eigenvalue weighted by Crippen LogP contribution is 2.26. The van der Waals surface area contributed by atoms with Gasteiger partial charge in [-0.1, -0.05) is 38.3 Å². The summed E-state index contributed by atoms with van der Waals surface area (Å²) < 4.78 is 1.77. The first-order chi connectivity index (χ1) is 11.8. The minimum Gasteiger partial charge on any atom is -0.338 e. The molecular formula is C19H25N5. The minimum atomic E-state index is 0.309. The van der Waals surface area contributed by atoms with Gasteiger partial charge in [-0.3, -0.25) is 4.99 Å². The van der Waals surface area contributed by atoms with Gasteiger partial charge in [0.15, 0.2) is 0 Å². The number of unbranched alkanes of at least 4 members (excludes halogenated alkanes) is 2. The molecule has 0 saturated heterocycles. The molecule has 1 aliphatic rings. The van der Waals surface area contributed by atoms with Gasteiger partial charge in [0.05, 0.1) is 24.1 Å². The van der Waals surface area contributed by atoms with Crippen LogP contribution in [0, 0.1) is 5.92 Å². The van der Waals surface area contributed by atoms with E-state index in [0.717, 1.165) is 5.69 Å². The molecule has 0 saturated carbocycles. The fourth-order valence-corrected chi connectivity index (χ4v) is 3.11. The van der Waals surface area contributed by atoms with Crippen molar-refractivity contribution in [2.45, 2.75) is 45.6 Å². The summed E-state index contributed by atoms with van der Waals surface area (Å²) >= 11 is 0. The second kappa shape index (κ2) is 7.90. The van der Waals surface area contributed by atoms with Gasteiger partial charge in [0.2, 0.25) is 0 Å². The number of anilines is 1. The van der Waals surface area contributed by atoms with Gasteiger partial charge in [0.1, 0.15) is 0 Å². The van der Waals surface area contributed by atoms with Gasteiger partial charge < -0.3 is 4.90 Å². The summed E-state index contributed by atoms with van der Waals surface area (Å²) in [6, 6.07) is 8.72. The smallest absolute Gasteiger partial charge is 0.0713 e. The third kappa shape index (κ3) is 3.72. The molecular weight excluding hydrogens is 298 g/mol. The maximum atomic E-state index is 4.37. The molecule has 2 unspecified atom stereocenters. The molecule has 1 aromatic carbocycles. The van der Waals surface area contributed by atoms with E-state index < -0.39 is 0 Å². The highest BCUT2D eigenvalue weighted by Gasteiger charge is 2.23. The molecule has 2 heterocycles. The Morgan fingerprint density at radius 2 is 1.92 bits per heavy atom. The molecule has 0 amide bonds. The standard InChI is InChI=1S/C19H25N5/c1-3-4-5-6-16(2)19-15-20-11-13-23(19)17-7-9-18(10-8-17)24-14-12-21-22-24/h7-16,19H,3-6H2,1-2H3. The summed E-state index contributed by atoms with van der Waals surface area (Å²) in [5.74, 6) is 0.570. The normalized spacial score (nSPS) is 18.1. The summed E-state index contributed by atoms with van der Waals surface area (Å²) in [4.78, 5) is 6.69. The van der Waals surface area contributed by atoms with Crippen LogP contribution >= 0.6 is 0 Å². The Morgan fingerprint density at radius 3 is 2.62 bits per heavy atom. The van der Waals surface area contributed by atoms with E-state index in [0.29, 0.717) is 12.0 Å². The van der Waals surface area contributed by atoms with E-state index in [1.807, 2.05) is 12.4 Å². The Hall–Kier alpha value is -2.43. The van der Waals surface area contributed by atoms with Crippen LogP contribution in [0.2, 0.25) is 0 Å². The molecule has 126 valence electrons. The quantitative estimate of drug-likeness (QED) is 0.717. The molecule has 0 spiro atoms. The van der Waals surface area contributed by atoms with E-state index >= 15 is 0 Å². The predicted molar refractivity (Wildman–Crippen MR) is 98.6 cm³/mol. The molecule has 2 aromatic rings. The Kier molecular flexibility index (Phi) is 5.41. The molecule has 2 atom stereocenters. The molecule has 0 fully saturated rings. The van der Waals surface area contributed by atoms with Crippen molar-refractivity contribution < 1.29 is 0 Å². The van der Waals surface area contributed by atoms with Gasteiger partial charge in [-0.2, -0.15) is 0 Å². The number of rotatable bonds is 7. The molecule has 5 nitrogen and oxygen atoms in total. The fraction of sp³-hybridized carbons (Fsp3) is 0.421. The van der Waals surface area contributed by atoms with Crippen LogP contribution in [-0.4, -0.2) is 27.3 Å². The third-order valence-corrected chi connectivity index (χ3v) is 4.55. The second-order valence-electron chi connectivity index (χ2n) is 6.33. The number of nitrogens with zero attached hydrogens (tertiary/aromatic N) is 5. The lowest BCUT2D eigenvalue weighted by Crippen LogP contribution is -2.39. The van der Waals surface area contributed by atoms with Crippen molar-refractivity contribution in [3.05, 3.63) is 49.1 Å². The molecule has 0 radical (unpaired) electrons. The Bertz CT molecular complexity index is 672. The number of aliphatic imine (C=N–C) groups is 1. The average Bonchev–Trinajstić information content (AvgIpc) is 3.17. The summed E-state index contributed by atoms with van der Waals surface area (Å²) in [7, 11) is 0. The van der Waals surface area contributed by atoms with Crippen LogP contribution in [-0.2, 0) is 0 Å². The van der Waals surface area contributed by atoms with E-state index in [1.165, 1.54) is 31.4 Å². The lowest BCUT2D eigenvalue weighted by atomic mass is 9.94. The minimum absolute atomic E-state index is 0.309. The topological polar surface area (TPSA) is 46.3 Å². The van der Waals surface area contributed by atoms with Crippen LogP contribution < -0.4 is 4.90 Å². The SMILES string of the molecule is CCCCCC(C)C1C=NC=CN1c1ccc(-n2ccnn2)cc1. The molecule has 1 aromatic heterocycles. The number of aromatic nitrogens is 3. The van der Waals surface area contributed by atoms with Crippen molar-refractivity contribution in [3.8, 4) is 5.69 Å². The highest BCUT2D eigenvalue weighted by molar-refractivity contribution is 5.74. The monoisotopic (exact) mass is 323 g/mol. The Morgan fingerprint density at radius 1 is 1.12 bits per heavy atom. The zero-order valence-electron chi connectivity index (χ0n) is 14.4. The maximum Gasteiger partial charge on any atom is 0.0713 e. The first kappa shape index (κ1) is 16.4. The van der Waals surface area contributed by atoms with Crippen LogP contribution in [0.15, 0.2) is 54.1 Å². The van der Waals surface area contributed by atoms with Crippen LogP contribution in [0.1, 0.15) is 39.5 Å². The largest absolute Gasteiger partial charge is 0.338 e. The fourth-order valence-electron chi connectivity index (χ4n) is 3.11. The lowest BCUT2D eigenvalue weighted by Gasteiger charge is -2.34. The lowest BCUT2D eigenvalue weighted by molar-refractivity contribution is 0.464. The zero-order chi connectivity index (χ0) is 16.8. The molecule has 0 bridgehead atoms. The van der Waals surface area contributed by atoms with Gasteiger partial charge in [-0.15, -0.1) is 5.10 Å². The number of hydrogen-bond acceptors (Lipinski definition) is 4. The van der Waals surface area contributed by atoms with E-state index in [2.05, 4.69) is 70.7 Å². The van der Waals surface area contributed by atoms with Crippen LogP contribution in [0.5, 0.6) is 0 Å². The van der Waals surface area contributed by atoms with Crippen molar-refractivity contribution in [1.82, 2.24) is 15.0 Å². The second-order valence-corrected chi connectivity index (χ2v) is 6.33. The number of hydrogen-bond donors (Lipinski definition) is 0. The van der Waals surface area contributed by atoms with Crippen molar-refractivity contribution in [1.29, 1.82) is 0 Å². The number of benzene rings is 1. The predicted octanol–water partition coefficient (Wildman–Crippen LogP) is 4.21. The van der Waals surface area contributed by atoms with Crippen molar-refractivity contribution in [2.75, 3.05) is 4.90 Å². The van der Waals surface area contributed by atoms with Crippen molar-refractivity contribution >= 4 is 11.9 Å². The van der Waals surface area contributed by atoms with Gasteiger partial charge in [0, 0.05) is 24.3 Å². The summed E-state index contributed by atoms with van der Waals surface area (Å²) in [6.45, 7) is 4.57. The van der Waals surface area contributed by atoms with Crippen molar-refractivity contribution in [2.24, 2.45) is 10.9 Å². The summed E-state index contributed by atoms with van der Waals surface area (Å²) in [6.07, 6.45) is 14.6. The Balaban J connectivity index is 1.73. The van der Waals surface area contributed by atoms with Crippen LogP contribution in [0.4, 0.5) is 5.69 Å². The molecule has 24 heavy (non-hydrogen) atoms. The molecule has 1 aliphatic heterocycles. The maximum absolute atomic E-state index is 4.37. The molecule has 0 aliphatic carbocycles. The zero-order valence-corrected chi connectivity index (χ0v) is 14.4. The van der Waals surface area contributed by atoms with E-state index in [-0.39, 0.29) is 0 Å². The van der Waals surface area contributed by atoms with E-state index in [9.17, 15) is 0 Å². The molecule has 5 heteroatoms. The third-order valence-electron chi connectivity index (χ3n) is 4.55. The van der Waals surface area contributed by atoms with Crippen LogP contribution in [0.25, 0.3) is 5.69 Å². The average molecular weight is 323 g/mol. The molecule has 3 rings (SSSR count). The summed E-state index contributed by atoms with van der Waals surface area (Å²) in [5.41, 5.74) is 2.19. The Labute approximate surface area is 143 Å². The summed E-state index contributed by atoms with van der Waals surface area (Å²) in [5, 5.41) is 7.89. The van der Waals surface area contributed by atoms with Gasteiger partial charge in [0.25, 0.3) is 0 Å². The first-order valence-corrected chi connectivity index (χ1v) is 8.74. The molecule has 0 N–H and O–H groups in total. The van der Waals surface area contributed by atoms with Gasteiger partial charge >= 0.3 is 0 Å². The van der Waals surface area contributed by atoms with E-state index in [1.54, 1.807) is 10.9 Å². The van der Waals surface area contributed by atoms with E-state index in [4.69, 9.17) is 0 Å². The van der Waals surface area contributed by atoms with Crippen molar-refractivity contribution in [3.63, 3.8) is 0 Å². The van der Waals surface area contributed by atoms with Crippen LogP contribution in [0.3, 0.4) is 0 Å².